The number of hydrogen-bond acceptors (Lipinski definition) is 5. The molecule has 1 fully saturated rings. The monoisotopic (exact) mass is 217 g/mol. The maximum absolute atomic E-state index is 11.2. The highest BCUT2D eigenvalue weighted by Gasteiger charge is 2.23. The van der Waals surface area contributed by atoms with Gasteiger partial charge in [0.15, 0.2) is 0 Å². The van der Waals surface area contributed by atoms with Crippen LogP contribution in [0.4, 0.5) is 0 Å². The molecule has 0 aromatic carbocycles. The lowest BCUT2D eigenvalue weighted by atomic mass is 10.1. The summed E-state index contributed by atoms with van der Waals surface area (Å²) in [6, 6.07) is 0. The molecule has 0 amide bonds. The fraction of sp³-hybridized carbons (Fsp3) is 0.900. The fourth-order valence-corrected chi connectivity index (χ4v) is 1.72. The lowest BCUT2D eigenvalue weighted by molar-refractivity contribution is -0.146. The Kier molecular flexibility index (Phi) is 5.01. The van der Waals surface area contributed by atoms with E-state index in [-0.39, 0.29) is 24.6 Å². The van der Waals surface area contributed by atoms with Crippen LogP contribution in [0.3, 0.4) is 0 Å². The van der Waals surface area contributed by atoms with Gasteiger partial charge in [0.05, 0.1) is 32.3 Å². The Morgan fingerprint density at radius 1 is 1.73 bits per heavy atom. The van der Waals surface area contributed by atoms with Crippen LogP contribution in [0.5, 0.6) is 0 Å². The van der Waals surface area contributed by atoms with Crippen LogP contribution >= 0.6 is 0 Å². The molecule has 0 aromatic heterocycles. The van der Waals surface area contributed by atoms with E-state index in [2.05, 4.69) is 9.64 Å². The molecule has 1 aliphatic heterocycles. The summed E-state index contributed by atoms with van der Waals surface area (Å²) in [4.78, 5) is 13.3. The number of esters is 1. The van der Waals surface area contributed by atoms with Gasteiger partial charge in [-0.05, 0) is 0 Å². The SMILES string of the molecule is COC(=O)C(C)CN1CCOC(CO)C1. The van der Waals surface area contributed by atoms with Gasteiger partial charge in [-0.25, -0.2) is 0 Å². The van der Waals surface area contributed by atoms with Crippen LogP contribution in [-0.2, 0) is 14.3 Å². The van der Waals surface area contributed by atoms with Gasteiger partial charge >= 0.3 is 5.97 Å². The molecule has 88 valence electrons. The number of nitrogens with zero attached hydrogens (tertiary/aromatic N) is 1. The number of carbonyl (C=O) groups is 1. The fourth-order valence-electron chi connectivity index (χ4n) is 1.72. The third kappa shape index (κ3) is 3.77. The number of aliphatic hydroxyl groups is 1. The Labute approximate surface area is 90.0 Å². The number of morpholine rings is 1. The number of aliphatic hydroxyl groups excluding tert-OH is 1. The Hall–Kier alpha value is -0.650. The van der Waals surface area contributed by atoms with Crippen molar-refractivity contribution in [1.82, 2.24) is 4.90 Å². The third-order valence-electron chi connectivity index (χ3n) is 2.56. The van der Waals surface area contributed by atoms with Gasteiger partial charge in [-0.15, -0.1) is 0 Å². The summed E-state index contributed by atoms with van der Waals surface area (Å²) >= 11 is 0. The van der Waals surface area contributed by atoms with E-state index in [0.29, 0.717) is 19.7 Å². The van der Waals surface area contributed by atoms with E-state index in [1.807, 2.05) is 6.92 Å². The lowest BCUT2D eigenvalue weighted by Gasteiger charge is -2.33. The van der Waals surface area contributed by atoms with E-state index in [1.54, 1.807) is 0 Å². The van der Waals surface area contributed by atoms with Crippen LogP contribution in [-0.4, -0.2) is 62.0 Å². The molecule has 0 saturated carbocycles. The average molecular weight is 217 g/mol. The van der Waals surface area contributed by atoms with Crippen molar-refractivity contribution in [3.05, 3.63) is 0 Å². The molecule has 1 N–H and O–H groups in total. The van der Waals surface area contributed by atoms with E-state index in [9.17, 15) is 4.79 Å². The third-order valence-corrected chi connectivity index (χ3v) is 2.56. The molecule has 1 saturated heterocycles. The maximum atomic E-state index is 11.2. The lowest BCUT2D eigenvalue weighted by Crippen LogP contribution is -2.46. The quantitative estimate of drug-likeness (QED) is 0.643. The number of ether oxygens (including phenoxy) is 2. The molecular formula is C10H19NO4. The van der Waals surface area contributed by atoms with E-state index < -0.39 is 0 Å². The molecule has 0 radical (unpaired) electrons. The van der Waals surface area contributed by atoms with Crippen molar-refractivity contribution >= 4 is 5.97 Å². The summed E-state index contributed by atoms with van der Waals surface area (Å²) in [7, 11) is 1.40. The van der Waals surface area contributed by atoms with Gasteiger partial charge < -0.3 is 14.6 Å². The first kappa shape index (κ1) is 12.4. The van der Waals surface area contributed by atoms with Crippen LogP contribution in [0.1, 0.15) is 6.92 Å². The van der Waals surface area contributed by atoms with Crippen LogP contribution < -0.4 is 0 Å². The topological polar surface area (TPSA) is 59.0 Å². The molecule has 5 heteroatoms. The van der Waals surface area contributed by atoms with Gasteiger partial charge in [0.1, 0.15) is 0 Å². The van der Waals surface area contributed by atoms with E-state index in [1.165, 1.54) is 7.11 Å². The van der Waals surface area contributed by atoms with Crippen molar-refractivity contribution in [3.63, 3.8) is 0 Å². The summed E-state index contributed by atoms with van der Waals surface area (Å²) in [5.41, 5.74) is 0. The molecule has 5 nitrogen and oxygen atoms in total. The minimum absolute atomic E-state index is 0.0309. The molecule has 15 heavy (non-hydrogen) atoms. The van der Waals surface area contributed by atoms with Crippen LogP contribution in [0.2, 0.25) is 0 Å². The zero-order valence-electron chi connectivity index (χ0n) is 9.31. The highest BCUT2D eigenvalue weighted by atomic mass is 16.5. The van der Waals surface area contributed by atoms with E-state index in [0.717, 1.165) is 6.54 Å². The van der Waals surface area contributed by atoms with Crippen LogP contribution in [0.15, 0.2) is 0 Å². The summed E-state index contributed by atoms with van der Waals surface area (Å²) < 4.78 is 9.98. The Morgan fingerprint density at radius 3 is 3.07 bits per heavy atom. The van der Waals surface area contributed by atoms with Gasteiger partial charge in [0.25, 0.3) is 0 Å². The molecular weight excluding hydrogens is 198 g/mol. The average Bonchev–Trinajstić information content (AvgIpc) is 2.28. The van der Waals surface area contributed by atoms with Gasteiger partial charge in [-0.2, -0.15) is 0 Å². The van der Waals surface area contributed by atoms with Gasteiger partial charge in [-0.3, -0.25) is 9.69 Å². The zero-order chi connectivity index (χ0) is 11.3. The van der Waals surface area contributed by atoms with Crippen molar-refractivity contribution in [2.24, 2.45) is 5.92 Å². The van der Waals surface area contributed by atoms with Crippen molar-refractivity contribution in [3.8, 4) is 0 Å². The Bertz CT molecular complexity index is 210. The molecule has 1 rings (SSSR count). The zero-order valence-corrected chi connectivity index (χ0v) is 9.31. The summed E-state index contributed by atoms with van der Waals surface area (Å²) in [6.07, 6.45) is -0.122. The Balaban J connectivity index is 2.34. The predicted molar refractivity (Wildman–Crippen MR) is 54.4 cm³/mol. The molecule has 0 aromatic rings. The first-order valence-corrected chi connectivity index (χ1v) is 5.20. The van der Waals surface area contributed by atoms with Crippen molar-refractivity contribution < 1.29 is 19.4 Å². The number of carbonyl (C=O) groups excluding carboxylic acids is 1. The van der Waals surface area contributed by atoms with Gasteiger partial charge in [0, 0.05) is 19.6 Å². The minimum Gasteiger partial charge on any atom is -0.469 e. The highest BCUT2D eigenvalue weighted by molar-refractivity contribution is 5.72. The second-order valence-corrected chi connectivity index (χ2v) is 3.86. The molecule has 0 bridgehead atoms. The van der Waals surface area contributed by atoms with E-state index >= 15 is 0 Å². The molecule has 0 aliphatic carbocycles. The summed E-state index contributed by atoms with van der Waals surface area (Å²) in [6.45, 7) is 4.62. The number of hydrogen-bond donors (Lipinski definition) is 1. The second-order valence-electron chi connectivity index (χ2n) is 3.86. The van der Waals surface area contributed by atoms with Crippen molar-refractivity contribution in [1.29, 1.82) is 0 Å². The molecule has 1 aliphatic rings. The van der Waals surface area contributed by atoms with E-state index in [4.69, 9.17) is 9.84 Å². The molecule has 2 unspecified atom stereocenters. The highest BCUT2D eigenvalue weighted by Crippen LogP contribution is 2.08. The number of rotatable bonds is 4. The smallest absolute Gasteiger partial charge is 0.309 e. The predicted octanol–water partition coefficient (Wildman–Crippen LogP) is -0.511. The first-order valence-electron chi connectivity index (χ1n) is 5.20. The van der Waals surface area contributed by atoms with Crippen molar-refractivity contribution in [2.45, 2.75) is 13.0 Å². The minimum atomic E-state index is -0.193. The molecule has 1 heterocycles. The number of methoxy groups -OCH3 is 1. The molecule has 2 atom stereocenters. The van der Waals surface area contributed by atoms with Crippen LogP contribution in [0, 0.1) is 5.92 Å². The normalized spacial score (nSPS) is 24.9. The summed E-state index contributed by atoms with van der Waals surface area (Å²) in [5, 5.41) is 8.95. The Morgan fingerprint density at radius 2 is 2.47 bits per heavy atom. The largest absolute Gasteiger partial charge is 0.469 e. The van der Waals surface area contributed by atoms with Gasteiger partial charge in [0.2, 0.25) is 0 Å². The van der Waals surface area contributed by atoms with Gasteiger partial charge in [-0.1, -0.05) is 6.92 Å². The second kappa shape index (κ2) is 6.05. The maximum Gasteiger partial charge on any atom is 0.309 e. The first-order chi connectivity index (χ1) is 7.17. The summed E-state index contributed by atoms with van der Waals surface area (Å²) in [5.74, 6) is -0.325. The van der Waals surface area contributed by atoms with Crippen molar-refractivity contribution in [2.75, 3.05) is 40.0 Å². The molecule has 0 spiro atoms. The van der Waals surface area contributed by atoms with Crippen LogP contribution in [0.25, 0.3) is 0 Å². The standard InChI is InChI=1S/C10H19NO4/c1-8(10(13)14-2)5-11-3-4-15-9(6-11)7-12/h8-9,12H,3-7H2,1-2H3.